The molecule has 0 saturated heterocycles. The first kappa shape index (κ1) is 36.9. The van der Waals surface area contributed by atoms with E-state index in [0.717, 1.165) is 29.7 Å². The summed E-state index contributed by atoms with van der Waals surface area (Å²) in [4.78, 5) is 27.5. The Balaban J connectivity index is 1.43. The quantitative estimate of drug-likeness (QED) is 0.110. The van der Waals surface area contributed by atoms with Crippen LogP contribution < -0.4 is 16.3 Å². The third kappa shape index (κ3) is 17.1. The largest absolute Gasteiger partial charge is 0.777 e. The minimum Gasteiger partial charge on any atom is -0.777 e. The molecule has 0 spiro atoms. The number of aliphatic hydroxyl groups excluding tert-OH is 1. The van der Waals surface area contributed by atoms with Gasteiger partial charge in [-0.1, -0.05) is 96.3 Å². The van der Waals surface area contributed by atoms with Crippen molar-refractivity contribution in [2.24, 2.45) is 5.92 Å². The summed E-state index contributed by atoms with van der Waals surface area (Å²) < 4.78 is 47.9. The number of nitrogens with zero attached hydrogens (tertiary/aromatic N) is 2. The van der Waals surface area contributed by atoms with E-state index in [1.165, 1.54) is 89.3 Å². The number of aliphatic hydroxyl groups is 1. The fourth-order valence-corrected chi connectivity index (χ4v) is 7.37. The number of aromatic nitrogens is 2. The Hall–Kier alpha value is -1.30. The van der Waals surface area contributed by atoms with Crippen molar-refractivity contribution >= 4 is 23.3 Å². The summed E-state index contributed by atoms with van der Waals surface area (Å²) in [5, 5.41) is 9.46. The zero-order valence-corrected chi connectivity index (χ0v) is 26.9. The average molecular weight is 635 g/mol. The van der Waals surface area contributed by atoms with Crippen LogP contribution >= 0.6 is 7.60 Å². The molecule has 1 saturated carbocycles. The van der Waals surface area contributed by atoms with Gasteiger partial charge in [-0.25, -0.2) is 13.2 Å². The summed E-state index contributed by atoms with van der Waals surface area (Å²) in [6.07, 6.45) is 19.7. The van der Waals surface area contributed by atoms with E-state index in [-0.39, 0.29) is 36.9 Å². The summed E-state index contributed by atoms with van der Waals surface area (Å²) in [5.74, 6) is 1.05. The van der Waals surface area contributed by atoms with Gasteiger partial charge in [0.1, 0.15) is 22.0 Å². The maximum atomic E-state index is 12.3. The van der Waals surface area contributed by atoms with Crippen LogP contribution in [0.15, 0.2) is 17.1 Å². The highest BCUT2D eigenvalue weighted by Crippen LogP contribution is 2.37. The fourth-order valence-electron chi connectivity index (χ4n) is 5.09. The van der Waals surface area contributed by atoms with Crippen LogP contribution in [-0.2, 0) is 30.2 Å². The van der Waals surface area contributed by atoms with Gasteiger partial charge in [-0.05, 0) is 24.8 Å². The predicted octanol–water partition coefficient (Wildman–Crippen LogP) is 4.41. The van der Waals surface area contributed by atoms with Crippen molar-refractivity contribution in [3.05, 3.63) is 22.7 Å². The molecule has 0 bridgehead atoms. The lowest BCUT2D eigenvalue weighted by molar-refractivity contribution is -0.205. The molecule has 1 aromatic rings. The zero-order valence-electron chi connectivity index (χ0n) is 25.2. The molecular formula is C29H53N3O8PS-. The van der Waals surface area contributed by atoms with Crippen molar-refractivity contribution in [1.82, 2.24) is 9.55 Å². The first-order valence-electron chi connectivity index (χ1n) is 15.8. The van der Waals surface area contributed by atoms with Crippen molar-refractivity contribution in [2.75, 3.05) is 36.8 Å². The van der Waals surface area contributed by atoms with Crippen molar-refractivity contribution in [2.45, 2.75) is 122 Å². The van der Waals surface area contributed by atoms with Gasteiger partial charge >= 0.3 is 5.69 Å². The van der Waals surface area contributed by atoms with Gasteiger partial charge in [0.15, 0.2) is 7.60 Å². The van der Waals surface area contributed by atoms with Crippen LogP contribution in [-0.4, -0.2) is 60.2 Å². The lowest BCUT2D eigenvalue weighted by Crippen LogP contribution is -2.32. The smallest absolute Gasteiger partial charge is 0.349 e. The molecule has 11 nitrogen and oxygen atoms in total. The van der Waals surface area contributed by atoms with Gasteiger partial charge in [0, 0.05) is 6.20 Å². The molecule has 13 heteroatoms. The molecule has 244 valence electrons. The standard InChI is InChI=1S/C29H54N3O8PS/c30-28-18-19-32(29(34)31-28)23-27(24-33)39-25-41(35,36)40-20-14-22-42(37,38)21-12-10-8-6-4-2-1-3-5-7-9-11-15-26-16-13-17-26/h18-19,26-27,33H,1-17,20-25H2,(H,35,36)(H2,30,31,34)/p-1. The second-order valence-corrected chi connectivity index (χ2v) is 15.7. The van der Waals surface area contributed by atoms with E-state index >= 15 is 0 Å². The van der Waals surface area contributed by atoms with Gasteiger partial charge in [-0.2, -0.15) is 4.98 Å². The Kier molecular flexibility index (Phi) is 18.1. The van der Waals surface area contributed by atoms with Gasteiger partial charge < -0.3 is 29.6 Å². The maximum absolute atomic E-state index is 12.3. The van der Waals surface area contributed by atoms with E-state index in [1.54, 1.807) is 0 Å². The van der Waals surface area contributed by atoms with Gasteiger partial charge in [0.25, 0.3) is 0 Å². The minimum atomic E-state index is -4.42. The summed E-state index contributed by atoms with van der Waals surface area (Å²) in [6.45, 7) is -0.925. The molecule has 2 unspecified atom stereocenters. The highest BCUT2D eigenvalue weighted by molar-refractivity contribution is 7.91. The average Bonchev–Trinajstić information content (AvgIpc) is 2.91. The minimum absolute atomic E-state index is 0.0444. The molecular weight excluding hydrogens is 581 g/mol. The van der Waals surface area contributed by atoms with Crippen LogP contribution in [0.1, 0.15) is 109 Å². The van der Waals surface area contributed by atoms with Crippen LogP contribution in [0.4, 0.5) is 5.82 Å². The molecule has 1 aromatic heterocycles. The van der Waals surface area contributed by atoms with Crippen molar-refractivity contribution in [3.63, 3.8) is 0 Å². The fraction of sp³-hybridized carbons (Fsp3) is 0.862. The topological polar surface area (TPSA) is 174 Å². The van der Waals surface area contributed by atoms with E-state index in [9.17, 15) is 27.8 Å². The SMILES string of the molecule is Nc1ccn(CC(CO)OCP(=O)([O-])OCCCS(=O)(=O)CCCCCCCCCCCCCCC2CCC2)c(=O)n1. The van der Waals surface area contributed by atoms with Crippen LogP contribution in [0.5, 0.6) is 0 Å². The molecule has 1 aliphatic rings. The highest BCUT2D eigenvalue weighted by atomic mass is 32.2. The number of nitrogen functional groups attached to an aromatic ring is 1. The molecule has 2 atom stereocenters. The highest BCUT2D eigenvalue weighted by Gasteiger charge is 2.17. The third-order valence-electron chi connectivity index (χ3n) is 7.90. The van der Waals surface area contributed by atoms with E-state index in [4.69, 9.17) is 15.0 Å². The van der Waals surface area contributed by atoms with E-state index < -0.39 is 42.2 Å². The monoisotopic (exact) mass is 634 g/mol. The summed E-state index contributed by atoms with van der Waals surface area (Å²) >= 11 is 0. The number of anilines is 1. The van der Waals surface area contributed by atoms with Crippen molar-refractivity contribution in [3.8, 4) is 0 Å². The van der Waals surface area contributed by atoms with E-state index in [2.05, 4.69) is 4.98 Å². The molecule has 0 aromatic carbocycles. The number of hydrogen-bond acceptors (Lipinski definition) is 10. The van der Waals surface area contributed by atoms with Gasteiger partial charge in [0.05, 0.1) is 37.4 Å². The normalized spacial score (nSPS) is 16.2. The first-order valence-corrected chi connectivity index (χ1v) is 19.4. The third-order valence-corrected chi connectivity index (χ3v) is 10.8. The van der Waals surface area contributed by atoms with Crippen LogP contribution in [0.2, 0.25) is 0 Å². The van der Waals surface area contributed by atoms with Crippen molar-refractivity contribution in [1.29, 1.82) is 0 Å². The second kappa shape index (κ2) is 20.6. The molecule has 0 amide bonds. The summed E-state index contributed by atoms with van der Waals surface area (Å²) in [7, 11) is -7.69. The van der Waals surface area contributed by atoms with Gasteiger partial charge in [-0.3, -0.25) is 4.57 Å². The van der Waals surface area contributed by atoms with Gasteiger partial charge in [0.2, 0.25) is 0 Å². The Labute approximate surface area is 252 Å². The van der Waals surface area contributed by atoms with E-state index in [1.807, 2.05) is 0 Å². The number of sulfone groups is 1. The van der Waals surface area contributed by atoms with E-state index in [0.29, 0.717) is 6.42 Å². The van der Waals surface area contributed by atoms with Gasteiger partial charge in [-0.15, -0.1) is 0 Å². The molecule has 2 rings (SSSR count). The molecule has 3 N–H and O–H groups in total. The maximum Gasteiger partial charge on any atom is 0.349 e. The Bertz CT molecular complexity index is 1080. The van der Waals surface area contributed by atoms with Crippen molar-refractivity contribution < 1.29 is 32.2 Å². The Morgan fingerprint density at radius 1 is 1.00 bits per heavy atom. The molecule has 42 heavy (non-hydrogen) atoms. The van der Waals surface area contributed by atoms with Crippen LogP contribution in [0.25, 0.3) is 0 Å². The lowest BCUT2D eigenvalue weighted by atomic mass is 9.81. The Morgan fingerprint density at radius 3 is 2.12 bits per heavy atom. The number of hydrogen-bond donors (Lipinski definition) is 2. The second-order valence-electron chi connectivity index (χ2n) is 11.7. The Morgan fingerprint density at radius 2 is 1.57 bits per heavy atom. The molecule has 1 fully saturated rings. The lowest BCUT2D eigenvalue weighted by Gasteiger charge is -2.25. The predicted molar refractivity (Wildman–Crippen MR) is 164 cm³/mol. The summed E-state index contributed by atoms with van der Waals surface area (Å²) in [5.41, 5.74) is 4.78. The summed E-state index contributed by atoms with van der Waals surface area (Å²) in [6, 6.07) is 1.40. The number of unbranched alkanes of at least 4 members (excludes halogenated alkanes) is 11. The molecule has 0 aliphatic heterocycles. The number of rotatable bonds is 26. The molecule has 1 aliphatic carbocycles. The van der Waals surface area contributed by atoms with Crippen LogP contribution in [0.3, 0.4) is 0 Å². The molecule has 0 radical (unpaired) electrons. The molecule has 1 heterocycles. The zero-order chi connectivity index (χ0) is 30.7. The number of ether oxygens (including phenoxy) is 1. The number of nitrogens with two attached hydrogens (primary N) is 1. The van der Waals surface area contributed by atoms with Crippen LogP contribution in [0, 0.1) is 5.92 Å². The first-order chi connectivity index (χ1) is 20.1.